The van der Waals surface area contributed by atoms with Gasteiger partial charge in [0.1, 0.15) is 5.82 Å². The van der Waals surface area contributed by atoms with Crippen molar-refractivity contribution in [1.82, 2.24) is 29.5 Å². The second-order valence-electron chi connectivity index (χ2n) is 8.71. The molecule has 0 aliphatic carbocycles. The number of hydrogen-bond donors (Lipinski definition) is 1. The van der Waals surface area contributed by atoms with Crippen LogP contribution in [0.2, 0.25) is 0 Å². The molecule has 1 aliphatic heterocycles. The predicted molar refractivity (Wildman–Crippen MR) is 136 cm³/mol. The van der Waals surface area contributed by atoms with Crippen molar-refractivity contribution < 1.29 is 4.74 Å². The summed E-state index contributed by atoms with van der Waals surface area (Å²) >= 11 is 0. The Bertz CT molecular complexity index is 1480. The van der Waals surface area contributed by atoms with E-state index in [1.54, 1.807) is 0 Å². The van der Waals surface area contributed by atoms with Crippen molar-refractivity contribution in [2.24, 2.45) is 7.05 Å². The van der Waals surface area contributed by atoms with Gasteiger partial charge in [-0.25, -0.2) is 9.67 Å². The van der Waals surface area contributed by atoms with E-state index in [1.165, 1.54) is 0 Å². The minimum Gasteiger partial charge on any atom is -0.378 e. The van der Waals surface area contributed by atoms with Crippen molar-refractivity contribution in [3.05, 3.63) is 72.7 Å². The molecule has 0 atom stereocenters. The van der Waals surface area contributed by atoms with Crippen molar-refractivity contribution in [3.63, 3.8) is 0 Å². The van der Waals surface area contributed by atoms with E-state index in [1.807, 2.05) is 72.3 Å². The number of anilines is 3. The molecule has 0 bridgehead atoms. The van der Waals surface area contributed by atoms with E-state index in [9.17, 15) is 0 Å². The van der Waals surface area contributed by atoms with Crippen LogP contribution in [0, 0.1) is 6.92 Å². The third-order valence-corrected chi connectivity index (χ3v) is 6.17. The molecule has 9 nitrogen and oxygen atoms in total. The topological polar surface area (TPSA) is 85.9 Å². The van der Waals surface area contributed by atoms with Crippen molar-refractivity contribution in [2.45, 2.75) is 6.92 Å². The number of benzene rings is 2. The molecule has 9 heteroatoms. The average molecular weight is 467 g/mol. The average Bonchev–Trinajstić information content (AvgIpc) is 3.50. The molecule has 0 amide bonds. The van der Waals surface area contributed by atoms with Crippen LogP contribution in [0.5, 0.6) is 0 Å². The number of ether oxygens (including phenoxy) is 1. The van der Waals surface area contributed by atoms with E-state index < -0.39 is 0 Å². The van der Waals surface area contributed by atoms with Gasteiger partial charge in [-0.2, -0.15) is 15.2 Å². The lowest BCUT2D eigenvalue weighted by atomic mass is 10.1. The Hall–Kier alpha value is -4.24. The predicted octanol–water partition coefficient (Wildman–Crippen LogP) is 4.10. The zero-order chi connectivity index (χ0) is 23.8. The van der Waals surface area contributed by atoms with Gasteiger partial charge in [0, 0.05) is 49.0 Å². The van der Waals surface area contributed by atoms with Crippen LogP contribution in [0.3, 0.4) is 0 Å². The molecule has 6 rings (SSSR count). The maximum Gasteiger partial charge on any atom is 0.228 e. The normalized spacial score (nSPS) is 13.9. The molecule has 0 radical (unpaired) electrons. The van der Waals surface area contributed by atoms with Crippen molar-refractivity contribution in [3.8, 4) is 16.9 Å². The van der Waals surface area contributed by atoms with E-state index in [0.29, 0.717) is 19.2 Å². The van der Waals surface area contributed by atoms with Gasteiger partial charge < -0.3 is 15.0 Å². The standard InChI is InChI=1S/C26H26N8O/c1-18-15-28-34(17-18)22-7-5-21(6-8-22)29-25-14-23(30-26(31-25)33-9-11-35-12-10-33)19-3-4-20-16-27-32(2)24(20)13-19/h3-8,13-17H,9-12H2,1-2H3,(H,29,30,31). The van der Waals surface area contributed by atoms with Gasteiger partial charge >= 0.3 is 0 Å². The lowest BCUT2D eigenvalue weighted by molar-refractivity contribution is 0.122. The quantitative estimate of drug-likeness (QED) is 0.417. The number of morpholine rings is 1. The molecular formula is C26H26N8O. The first-order chi connectivity index (χ1) is 17.1. The maximum absolute atomic E-state index is 5.53. The Morgan fingerprint density at radius 1 is 0.914 bits per heavy atom. The molecular weight excluding hydrogens is 440 g/mol. The summed E-state index contributed by atoms with van der Waals surface area (Å²) < 4.78 is 9.28. The van der Waals surface area contributed by atoms with E-state index in [0.717, 1.165) is 58.0 Å². The molecule has 2 aromatic carbocycles. The molecule has 3 aromatic heterocycles. The van der Waals surface area contributed by atoms with Crippen molar-refractivity contribution in [2.75, 3.05) is 36.5 Å². The smallest absolute Gasteiger partial charge is 0.228 e. The summed E-state index contributed by atoms with van der Waals surface area (Å²) in [6.07, 6.45) is 5.73. The first-order valence-electron chi connectivity index (χ1n) is 11.6. The molecule has 0 saturated carbocycles. The molecule has 1 saturated heterocycles. The number of aromatic nitrogens is 6. The highest BCUT2D eigenvalue weighted by Crippen LogP contribution is 2.28. The number of hydrogen-bond acceptors (Lipinski definition) is 7. The lowest BCUT2D eigenvalue weighted by Crippen LogP contribution is -2.37. The lowest BCUT2D eigenvalue weighted by Gasteiger charge is -2.27. The van der Waals surface area contributed by atoms with Crippen LogP contribution in [0.1, 0.15) is 5.56 Å². The van der Waals surface area contributed by atoms with E-state index in [4.69, 9.17) is 14.7 Å². The minimum atomic E-state index is 0.672. The maximum atomic E-state index is 5.53. The Kier molecular flexibility index (Phi) is 5.38. The van der Waals surface area contributed by atoms with Gasteiger partial charge in [-0.1, -0.05) is 12.1 Å². The van der Waals surface area contributed by atoms with Crippen LogP contribution < -0.4 is 10.2 Å². The highest BCUT2D eigenvalue weighted by atomic mass is 16.5. The Balaban J connectivity index is 1.35. The molecule has 5 aromatic rings. The van der Waals surface area contributed by atoms with Gasteiger partial charge in [0.15, 0.2) is 0 Å². The second kappa shape index (κ2) is 8.84. The molecule has 0 unspecified atom stereocenters. The summed E-state index contributed by atoms with van der Waals surface area (Å²) in [5.74, 6) is 1.44. The van der Waals surface area contributed by atoms with Gasteiger partial charge in [-0.05, 0) is 42.8 Å². The summed E-state index contributed by atoms with van der Waals surface area (Å²) in [5, 5.41) is 13.3. The fourth-order valence-electron chi connectivity index (χ4n) is 4.25. The zero-order valence-electron chi connectivity index (χ0n) is 19.7. The first kappa shape index (κ1) is 21.3. The van der Waals surface area contributed by atoms with Crippen LogP contribution in [0.4, 0.5) is 17.5 Å². The Morgan fingerprint density at radius 2 is 1.74 bits per heavy atom. The van der Waals surface area contributed by atoms with Crippen LogP contribution in [-0.4, -0.2) is 55.8 Å². The summed E-state index contributed by atoms with van der Waals surface area (Å²) in [5.41, 5.74) is 6.01. The van der Waals surface area contributed by atoms with Gasteiger partial charge in [0.2, 0.25) is 5.95 Å². The molecule has 1 fully saturated rings. The molecule has 1 N–H and O–H groups in total. The first-order valence-corrected chi connectivity index (χ1v) is 11.6. The van der Waals surface area contributed by atoms with Crippen LogP contribution >= 0.6 is 0 Å². The van der Waals surface area contributed by atoms with E-state index in [-0.39, 0.29) is 0 Å². The molecule has 1 aliphatic rings. The van der Waals surface area contributed by atoms with Gasteiger partial charge in [-0.15, -0.1) is 0 Å². The summed E-state index contributed by atoms with van der Waals surface area (Å²) in [4.78, 5) is 11.9. The fourth-order valence-corrected chi connectivity index (χ4v) is 4.25. The fraction of sp³-hybridized carbons (Fsp3) is 0.231. The molecule has 35 heavy (non-hydrogen) atoms. The van der Waals surface area contributed by atoms with Crippen LogP contribution in [-0.2, 0) is 11.8 Å². The second-order valence-corrected chi connectivity index (χ2v) is 8.71. The van der Waals surface area contributed by atoms with Crippen molar-refractivity contribution in [1.29, 1.82) is 0 Å². The summed E-state index contributed by atoms with van der Waals surface area (Å²) in [7, 11) is 1.95. The third-order valence-electron chi connectivity index (χ3n) is 6.17. The Labute approximate surface area is 203 Å². The van der Waals surface area contributed by atoms with Gasteiger partial charge in [0.25, 0.3) is 0 Å². The summed E-state index contributed by atoms with van der Waals surface area (Å²) in [6, 6.07) is 16.4. The van der Waals surface area contributed by atoms with Gasteiger partial charge in [0.05, 0.1) is 42.5 Å². The zero-order valence-corrected chi connectivity index (χ0v) is 19.7. The van der Waals surface area contributed by atoms with Gasteiger partial charge in [-0.3, -0.25) is 4.68 Å². The van der Waals surface area contributed by atoms with Crippen LogP contribution in [0.15, 0.2) is 67.1 Å². The summed E-state index contributed by atoms with van der Waals surface area (Å²) in [6.45, 7) is 4.91. The largest absolute Gasteiger partial charge is 0.378 e. The highest BCUT2D eigenvalue weighted by molar-refractivity contribution is 5.84. The number of nitrogens with one attached hydrogen (secondary N) is 1. The van der Waals surface area contributed by atoms with Crippen LogP contribution in [0.25, 0.3) is 27.8 Å². The third kappa shape index (κ3) is 4.33. The SMILES string of the molecule is Cc1cnn(-c2ccc(Nc3cc(-c4ccc5cnn(C)c5c4)nc(N4CCOCC4)n3)cc2)c1. The molecule has 176 valence electrons. The number of aryl methyl sites for hydroxylation is 2. The number of rotatable bonds is 5. The van der Waals surface area contributed by atoms with E-state index in [2.05, 4.69) is 38.6 Å². The number of nitrogens with zero attached hydrogens (tertiary/aromatic N) is 7. The van der Waals surface area contributed by atoms with Crippen molar-refractivity contribution >= 4 is 28.4 Å². The highest BCUT2D eigenvalue weighted by Gasteiger charge is 2.17. The molecule has 0 spiro atoms. The number of fused-ring (bicyclic) bond motifs is 1. The Morgan fingerprint density at radius 3 is 2.51 bits per heavy atom. The molecule has 4 heterocycles. The van der Waals surface area contributed by atoms with E-state index >= 15 is 0 Å². The monoisotopic (exact) mass is 466 g/mol. The minimum absolute atomic E-state index is 0.672.